The molecule has 0 spiro atoms. The number of hydrogen-bond acceptors (Lipinski definition) is 6. The third kappa shape index (κ3) is 6.23. The summed E-state index contributed by atoms with van der Waals surface area (Å²) in [6.07, 6.45) is -0.997. The topological polar surface area (TPSA) is 80.7 Å². The molecule has 152 valence electrons. The fraction of sp³-hybridized carbons (Fsp3) is 0.200. The Morgan fingerprint density at radius 3 is 2.66 bits per heavy atom. The van der Waals surface area contributed by atoms with Crippen LogP contribution in [0, 0.1) is 0 Å². The quantitative estimate of drug-likeness (QED) is 0.551. The first kappa shape index (κ1) is 20.7. The molecular weight excluding hydrogens is 402 g/mol. The zero-order valence-electron chi connectivity index (χ0n) is 15.1. The van der Waals surface area contributed by atoms with E-state index in [9.17, 15) is 18.7 Å². The van der Waals surface area contributed by atoms with Crippen molar-refractivity contribution in [1.82, 2.24) is 10.3 Å². The Kier molecular flexibility index (Phi) is 7.09. The number of thiazole rings is 1. The van der Waals surface area contributed by atoms with E-state index in [0.29, 0.717) is 23.5 Å². The van der Waals surface area contributed by atoms with Crippen LogP contribution in [-0.4, -0.2) is 29.2 Å². The van der Waals surface area contributed by atoms with E-state index >= 15 is 0 Å². The summed E-state index contributed by atoms with van der Waals surface area (Å²) in [7, 11) is 0. The second-order valence-corrected chi connectivity index (χ2v) is 6.69. The van der Waals surface area contributed by atoms with Gasteiger partial charge in [-0.15, -0.1) is 11.3 Å². The Bertz CT molecular complexity index is 920. The molecule has 1 atom stereocenters. The molecule has 6 nitrogen and oxygen atoms in total. The van der Waals surface area contributed by atoms with Gasteiger partial charge in [-0.3, -0.25) is 4.79 Å². The maximum atomic E-state index is 12.3. The summed E-state index contributed by atoms with van der Waals surface area (Å²) in [5, 5.41) is 14.7. The van der Waals surface area contributed by atoms with Gasteiger partial charge in [0.15, 0.2) is 0 Å². The molecule has 0 bridgehead atoms. The fourth-order valence-electron chi connectivity index (χ4n) is 2.47. The molecule has 2 N–H and O–H groups in total. The summed E-state index contributed by atoms with van der Waals surface area (Å²) in [4.78, 5) is 16.5. The van der Waals surface area contributed by atoms with E-state index in [-0.39, 0.29) is 18.2 Å². The van der Waals surface area contributed by atoms with Crippen molar-refractivity contribution in [1.29, 1.82) is 0 Å². The van der Waals surface area contributed by atoms with Gasteiger partial charge in [-0.2, -0.15) is 8.78 Å². The number of aliphatic hydroxyl groups excluding tert-OH is 1. The van der Waals surface area contributed by atoms with Crippen LogP contribution in [0.15, 0.2) is 59.4 Å². The van der Waals surface area contributed by atoms with Crippen molar-refractivity contribution in [3.63, 3.8) is 0 Å². The number of carbonyl (C=O) groups is 1. The van der Waals surface area contributed by atoms with E-state index in [1.807, 2.05) is 5.38 Å². The molecule has 0 saturated heterocycles. The highest BCUT2D eigenvalue weighted by Crippen LogP contribution is 2.19. The molecule has 29 heavy (non-hydrogen) atoms. The number of rotatable bonds is 9. The van der Waals surface area contributed by atoms with Gasteiger partial charge in [-0.1, -0.05) is 18.2 Å². The maximum absolute atomic E-state index is 12.3. The SMILES string of the molecule is O=C(NCC(O)c1ccc(OC(F)F)cc1)c1cccc(OCc2cscn2)c1. The van der Waals surface area contributed by atoms with Crippen molar-refractivity contribution in [2.75, 3.05) is 6.54 Å². The number of nitrogens with one attached hydrogen (secondary N) is 1. The largest absolute Gasteiger partial charge is 0.487 e. The van der Waals surface area contributed by atoms with Crippen LogP contribution in [0.2, 0.25) is 0 Å². The zero-order valence-corrected chi connectivity index (χ0v) is 15.9. The van der Waals surface area contributed by atoms with Crippen LogP contribution in [0.1, 0.15) is 27.7 Å². The van der Waals surface area contributed by atoms with Crippen LogP contribution in [0.3, 0.4) is 0 Å². The Morgan fingerprint density at radius 2 is 1.97 bits per heavy atom. The molecule has 1 aromatic heterocycles. The molecular formula is C20H18F2N2O4S. The predicted molar refractivity (Wildman–Crippen MR) is 103 cm³/mol. The number of halogens is 2. The van der Waals surface area contributed by atoms with Crippen molar-refractivity contribution >= 4 is 17.2 Å². The van der Waals surface area contributed by atoms with Gasteiger partial charge < -0.3 is 19.9 Å². The second-order valence-electron chi connectivity index (χ2n) is 5.97. The smallest absolute Gasteiger partial charge is 0.387 e. The van der Waals surface area contributed by atoms with Crippen LogP contribution < -0.4 is 14.8 Å². The number of hydrogen-bond donors (Lipinski definition) is 2. The summed E-state index contributed by atoms with van der Waals surface area (Å²) in [5.41, 5.74) is 3.37. The standard InChI is InChI=1S/C20H18F2N2O4S/c21-20(22)28-16-6-4-13(5-7-16)18(25)9-23-19(26)14-2-1-3-17(8-14)27-10-15-11-29-12-24-15/h1-8,11-12,18,20,25H,9-10H2,(H,23,26). The predicted octanol–water partition coefficient (Wildman–Crippen LogP) is 3.79. The normalized spacial score (nSPS) is 11.9. The van der Waals surface area contributed by atoms with E-state index in [1.165, 1.54) is 35.6 Å². The molecule has 1 heterocycles. The molecule has 0 aliphatic rings. The molecule has 1 unspecified atom stereocenters. The number of nitrogens with zero attached hydrogens (tertiary/aromatic N) is 1. The van der Waals surface area contributed by atoms with E-state index in [4.69, 9.17) is 4.74 Å². The van der Waals surface area contributed by atoms with Crippen molar-refractivity contribution < 1.29 is 28.2 Å². The van der Waals surface area contributed by atoms with Gasteiger partial charge in [0.05, 0.1) is 17.3 Å². The van der Waals surface area contributed by atoms with Gasteiger partial charge in [0.2, 0.25) is 0 Å². The number of amides is 1. The lowest BCUT2D eigenvalue weighted by Crippen LogP contribution is -2.28. The van der Waals surface area contributed by atoms with Crippen LogP contribution in [0.5, 0.6) is 11.5 Å². The number of alkyl halides is 2. The Balaban J connectivity index is 1.52. The molecule has 9 heteroatoms. The van der Waals surface area contributed by atoms with E-state index in [0.717, 1.165) is 5.69 Å². The van der Waals surface area contributed by atoms with Crippen LogP contribution >= 0.6 is 11.3 Å². The van der Waals surface area contributed by atoms with Gasteiger partial charge in [0.1, 0.15) is 18.1 Å². The Labute approximate surface area is 169 Å². The van der Waals surface area contributed by atoms with Crippen molar-refractivity contribution in [3.8, 4) is 11.5 Å². The molecule has 3 aromatic rings. The van der Waals surface area contributed by atoms with Crippen molar-refractivity contribution in [2.45, 2.75) is 19.3 Å². The zero-order chi connectivity index (χ0) is 20.6. The molecule has 0 fully saturated rings. The molecule has 3 rings (SSSR count). The van der Waals surface area contributed by atoms with Crippen molar-refractivity contribution in [3.05, 3.63) is 76.2 Å². The minimum Gasteiger partial charge on any atom is -0.487 e. The van der Waals surface area contributed by atoms with E-state index < -0.39 is 12.7 Å². The van der Waals surface area contributed by atoms with Gasteiger partial charge >= 0.3 is 6.61 Å². The number of aliphatic hydroxyl groups is 1. The minimum absolute atomic E-state index is 0.00514. The van der Waals surface area contributed by atoms with E-state index in [2.05, 4.69) is 15.0 Å². The fourth-order valence-corrected chi connectivity index (χ4v) is 3.02. The summed E-state index contributed by atoms with van der Waals surface area (Å²) < 4.78 is 34.2. The second kappa shape index (κ2) is 9.94. The average molecular weight is 420 g/mol. The third-order valence-corrected chi connectivity index (χ3v) is 4.55. The Hall–Kier alpha value is -3.04. The maximum Gasteiger partial charge on any atom is 0.387 e. The molecule has 0 aliphatic carbocycles. The lowest BCUT2D eigenvalue weighted by molar-refractivity contribution is -0.0498. The summed E-state index contributed by atoms with van der Waals surface area (Å²) >= 11 is 1.47. The highest BCUT2D eigenvalue weighted by molar-refractivity contribution is 7.07. The first-order valence-corrected chi connectivity index (χ1v) is 9.56. The molecule has 0 aliphatic heterocycles. The highest BCUT2D eigenvalue weighted by Gasteiger charge is 2.13. The first-order chi connectivity index (χ1) is 14.0. The average Bonchev–Trinajstić information content (AvgIpc) is 3.24. The van der Waals surface area contributed by atoms with Crippen LogP contribution in [0.4, 0.5) is 8.78 Å². The van der Waals surface area contributed by atoms with E-state index in [1.54, 1.807) is 29.8 Å². The number of benzene rings is 2. The summed E-state index contributed by atoms with van der Waals surface area (Å²) in [6, 6.07) is 12.2. The lowest BCUT2D eigenvalue weighted by atomic mass is 10.1. The summed E-state index contributed by atoms with van der Waals surface area (Å²) in [5.74, 6) is 0.149. The van der Waals surface area contributed by atoms with Gasteiger partial charge in [-0.05, 0) is 35.9 Å². The van der Waals surface area contributed by atoms with Gasteiger partial charge in [-0.25, -0.2) is 4.98 Å². The number of ether oxygens (including phenoxy) is 2. The third-order valence-electron chi connectivity index (χ3n) is 3.91. The first-order valence-electron chi connectivity index (χ1n) is 8.62. The Morgan fingerprint density at radius 1 is 1.17 bits per heavy atom. The lowest BCUT2D eigenvalue weighted by Gasteiger charge is -2.13. The van der Waals surface area contributed by atoms with Crippen LogP contribution in [-0.2, 0) is 6.61 Å². The van der Waals surface area contributed by atoms with Gasteiger partial charge in [0.25, 0.3) is 5.91 Å². The minimum atomic E-state index is -2.91. The molecule has 0 radical (unpaired) electrons. The van der Waals surface area contributed by atoms with Crippen molar-refractivity contribution in [2.24, 2.45) is 0 Å². The monoisotopic (exact) mass is 420 g/mol. The summed E-state index contributed by atoms with van der Waals surface area (Å²) in [6.45, 7) is -2.65. The molecule has 0 saturated carbocycles. The number of carbonyl (C=O) groups excluding carboxylic acids is 1. The molecule has 1 amide bonds. The van der Waals surface area contributed by atoms with Gasteiger partial charge in [0, 0.05) is 17.5 Å². The molecule has 2 aromatic carbocycles. The number of aromatic nitrogens is 1. The highest BCUT2D eigenvalue weighted by atomic mass is 32.1. The van der Waals surface area contributed by atoms with Crippen LogP contribution in [0.25, 0.3) is 0 Å².